The number of nitrogens with zero attached hydrogens (tertiary/aromatic N) is 3. The molecule has 0 atom stereocenters. The first-order valence-electron chi connectivity index (χ1n) is 21.2. The van der Waals surface area contributed by atoms with Crippen molar-refractivity contribution in [2.45, 2.75) is 37.7 Å². The Balaban J connectivity index is 1.22. The van der Waals surface area contributed by atoms with Gasteiger partial charge in [0.2, 0.25) is 0 Å². The second-order valence-electron chi connectivity index (χ2n) is 16.2. The lowest BCUT2D eigenvalue weighted by atomic mass is 9.71. The maximum Gasteiger partial charge on any atom is 0.178 e. The van der Waals surface area contributed by atoms with Gasteiger partial charge in [-0.25, -0.2) is 8.78 Å². The van der Waals surface area contributed by atoms with Crippen LogP contribution in [0.4, 0.5) is 25.8 Å². The highest BCUT2D eigenvalue weighted by molar-refractivity contribution is 6.10. The first kappa shape index (κ1) is 38.1. The summed E-state index contributed by atoms with van der Waals surface area (Å²) < 4.78 is 62.8. The number of benzene rings is 5. The number of rotatable bonds is 8. The van der Waals surface area contributed by atoms with E-state index in [0.717, 1.165) is 87.9 Å². The Kier molecular flexibility index (Phi) is 9.77. The lowest BCUT2D eigenvalue weighted by molar-refractivity contribution is 0.122. The minimum Gasteiger partial charge on any atom is -0.495 e. The lowest BCUT2D eigenvalue weighted by Gasteiger charge is -2.40. The summed E-state index contributed by atoms with van der Waals surface area (Å²) in [6.45, 7) is 13.0. The first-order chi connectivity index (χ1) is 28.9. The van der Waals surface area contributed by atoms with Crippen LogP contribution >= 0.6 is 0 Å². The molecule has 10 rings (SSSR count). The fourth-order valence-electron chi connectivity index (χ4n) is 10.4. The van der Waals surface area contributed by atoms with Gasteiger partial charge in [0.25, 0.3) is 0 Å². The molecule has 3 saturated heterocycles. The minimum atomic E-state index is -1.03. The van der Waals surface area contributed by atoms with Gasteiger partial charge in [-0.15, -0.1) is 0 Å². The van der Waals surface area contributed by atoms with Crippen molar-refractivity contribution in [3.05, 3.63) is 118 Å². The second kappa shape index (κ2) is 15.1. The number of halogens is 2. The number of hydrogen-bond donors (Lipinski definition) is 0. The van der Waals surface area contributed by atoms with Crippen LogP contribution in [0.25, 0.3) is 28.0 Å². The lowest BCUT2D eigenvalue weighted by Crippen LogP contribution is -2.37. The third-order valence-electron chi connectivity index (χ3n) is 13.5. The van der Waals surface area contributed by atoms with Gasteiger partial charge in [-0.2, -0.15) is 0 Å². The second-order valence-corrected chi connectivity index (χ2v) is 16.2. The van der Waals surface area contributed by atoms with Gasteiger partial charge in [0.15, 0.2) is 5.60 Å². The molecule has 306 valence electrons. The Bertz CT molecular complexity index is 2350. The summed E-state index contributed by atoms with van der Waals surface area (Å²) in [6, 6.07) is 24.2. The first-order valence-corrected chi connectivity index (χ1v) is 21.2. The Morgan fingerprint density at radius 1 is 0.644 bits per heavy atom. The summed E-state index contributed by atoms with van der Waals surface area (Å²) in [5.74, 6) is 0.299. The minimum absolute atomic E-state index is 0.514. The summed E-state index contributed by atoms with van der Waals surface area (Å²) in [5, 5.41) is 1.71. The predicted octanol–water partition coefficient (Wildman–Crippen LogP) is 9.07. The number of ether oxygens (including phenoxy) is 5. The van der Waals surface area contributed by atoms with Crippen molar-refractivity contribution in [2.75, 3.05) is 101 Å². The zero-order valence-corrected chi connectivity index (χ0v) is 34.1. The number of methoxy groups -OCH3 is 1. The molecule has 4 aliphatic heterocycles. The highest BCUT2D eigenvalue weighted by atomic mass is 19.1. The van der Waals surface area contributed by atoms with Crippen molar-refractivity contribution in [1.82, 2.24) is 0 Å². The Labute approximate surface area is 344 Å². The molecule has 59 heavy (non-hydrogen) atoms. The average Bonchev–Trinajstić information content (AvgIpc) is 3.60. The van der Waals surface area contributed by atoms with Gasteiger partial charge >= 0.3 is 0 Å². The van der Waals surface area contributed by atoms with Crippen molar-refractivity contribution >= 4 is 33.9 Å². The number of anilines is 3. The molecule has 4 heterocycles. The van der Waals surface area contributed by atoms with E-state index in [0.29, 0.717) is 88.2 Å². The van der Waals surface area contributed by atoms with Crippen molar-refractivity contribution in [1.29, 1.82) is 0 Å². The molecule has 0 amide bonds. The normalized spacial score (nSPS) is 19.3. The molecule has 5 aromatic rings. The molecule has 0 unspecified atom stereocenters. The largest absolute Gasteiger partial charge is 0.495 e. The zero-order chi connectivity index (χ0) is 40.3. The Morgan fingerprint density at radius 3 is 1.71 bits per heavy atom. The van der Waals surface area contributed by atoms with Crippen molar-refractivity contribution < 1.29 is 32.5 Å². The molecule has 0 radical (unpaired) electrons. The fourth-order valence-corrected chi connectivity index (χ4v) is 10.4. The summed E-state index contributed by atoms with van der Waals surface area (Å²) in [6.07, 6.45) is 5.61. The van der Waals surface area contributed by atoms with E-state index in [9.17, 15) is 0 Å². The highest BCUT2D eigenvalue weighted by Crippen LogP contribution is 2.62. The van der Waals surface area contributed by atoms with Crippen molar-refractivity contribution in [3.8, 4) is 22.6 Å². The van der Waals surface area contributed by atoms with Crippen molar-refractivity contribution in [3.63, 3.8) is 0 Å². The Morgan fingerprint density at radius 2 is 1.19 bits per heavy atom. The third-order valence-corrected chi connectivity index (χ3v) is 13.5. The van der Waals surface area contributed by atoms with Gasteiger partial charge in [0, 0.05) is 89.8 Å². The molecule has 0 N–H and O–H groups in total. The number of hydrogen-bond acceptors (Lipinski definition) is 8. The molecular weight excluding hydrogens is 749 g/mol. The molecule has 0 bridgehead atoms. The Hall–Kier alpha value is -5.16. The molecular formula is C49H51F2N3O5. The van der Waals surface area contributed by atoms with Crippen LogP contribution in [0.15, 0.2) is 78.9 Å². The van der Waals surface area contributed by atoms with Crippen LogP contribution in [0.1, 0.15) is 54.5 Å². The van der Waals surface area contributed by atoms with Gasteiger partial charge in [-0.3, -0.25) is 0 Å². The van der Waals surface area contributed by atoms with Crippen LogP contribution in [0, 0.1) is 11.6 Å². The van der Waals surface area contributed by atoms with Gasteiger partial charge in [0.1, 0.15) is 23.1 Å². The molecule has 0 saturated carbocycles. The van der Waals surface area contributed by atoms with Crippen molar-refractivity contribution in [2.24, 2.45) is 0 Å². The smallest absolute Gasteiger partial charge is 0.178 e. The van der Waals surface area contributed by atoms with E-state index in [1.54, 1.807) is 7.11 Å². The SMILES string of the molecule is CCC1(CC)c2c(F)cc(F)cc2-c2c1c1c(c3cc(OC)c(N4CCOCC4)cc23)OC(c2ccc(N3CCOCC3)cc2)(c2ccc(N3CCOCC3)cc2)C=C1. The molecule has 0 aromatic heterocycles. The van der Waals surface area contributed by atoms with E-state index in [-0.39, 0.29) is 0 Å². The highest BCUT2D eigenvalue weighted by Gasteiger charge is 2.49. The van der Waals surface area contributed by atoms with Crippen LogP contribution in [-0.2, 0) is 25.2 Å². The van der Waals surface area contributed by atoms with Gasteiger partial charge in [0.05, 0.1) is 52.4 Å². The van der Waals surface area contributed by atoms with Crippen LogP contribution in [-0.4, -0.2) is 86.0 Å². The topological polar surface area (TPSA) is 55.9 Å². The van der Waals surface area contributed by atoms with Crippen LogP contribution < -0.4 is 24.2 Å². The van der Waals surface area contributed by atoms with E-state index < -0.39 is 22.7 Å². The quantitative estimate of drug-likeness (QED) is 0.154. The van der Waals surface area contributed by atoms with Gasteiger partial charge in [-0.05, 0) is 83.5 Å². The number of fused-ring (bicyclic) bond motifs is 8. The summed E-state index contributed by atoms with van der Waals surface area (Å²) in [4.78, 5) is 6.99. The summed E-state index contributed by atoms with van der Waals surface area (Å²) >= 11 is 0. The van der Waals surface area contributed by atoms with E-state index >= 15 is 8.78 Å². The van der Waals surface area contributed by atoms with E-state index in [2.05, 4.69) is 101 Å². The molecule has 1 aliphatic carbocycles. The van der Waals surface area contributed by atoms with Gasteiger partial charge in [-0.1, -0.05) is 44.2 Å². The maximum absolute atomic E-state index is 16.5. The van der Waals surface area contributed by atoms with Crippen LogP contribution in [0.3, 0.4) is 0 Å². The summed E-state index contributed by atoms with van der Waals surface area (Å²) in [7, 11) is 1.70. The van der Waals surface area contributed by atoms with E-state index in [1.807, 2.05) is 0 Å². The molecule has 0 spiro atoms. The maximum atomic E-state index is 16.5. The predicted molar refractivity (Wildman–Crippen MR) is 230 cm³/mol. The molecule has 3 fully saturated rings. The molecule has 5 aromatic carbocycles. The fraction of sp³-hybridized carbons (Fsp3) is 0.388. The summed E-state index contributed by atoms with van der Waals surface area (Å²) in [5.41, 5.74) is 7.32. The molecule has 8 nitrogen and oxygen atoms in total. The van der Waals surface area contributed by atoms with E-state index in [1.165, 1.54) is 6.07 Å². The zero-order valence-electron chi connectivity index (χ0n) is 34.1. The van der Waals surface area contributed by atoms with Crippen LogP contribution in [0.2, 0.25) is 0 Å². The van der Waals surface area contributed by atoms with Gasteiger partial charge < -0.3 is 38.4 Å². The number of morpholine rings is 3. The average molecular weight is 800 g/mol. The molecule has 5 aliphatic rings. The van der Waals surface area contributed by atoms with E-state index in [4.69, 9.17) is 23.7 Å². The molecule has 10 heteroatoms. The standard InChI is InChI=1S/C49H51F2N3O5/c1-4-48(5-2)45-40(28-34(50)29-41(45)51)44-38-30-42(54-20-26-58-27-21-54)43(55-3)31-39(38)47-37(46(44)48)14-15-49(59-47,32-6-10-35(11-7-32)52-16-22-56-23-17-52)33-8-12-36(13-9-33)53-18-24-57-25-19-53/h6-15,28-31H,4-5,16-27H2,1-3H3. The third kappa shape index (κ3) is 6.08. The monoisotopic (exact) mass is 799 g/mol. The van der Waals surface area contributed by atoms with Crippen LogP contribution in [0.5, 0.6) is 11.5 Å².